The van der Waals surface area contributed by atoms with Crippen molar-refractivity contribution in [1.82, 2.24) is 5.32 Å². The van der Waals surface area contributed by atoms with Crippen LogP contribution in [0.25, 0.3) is 0 Å². The zero-order valence-corrected chi connectivity index (χ0v) is 7.05. The minimum Gasteiger partial charge on any atom is -0.293 e. The number of nitrogens with one attached hydrogen (secondary N) is 1. The van der Waals surface area contributed by atoms with Crippen molar-refractivity contribution in [2.45, 2.75) is 16.2 Å². The maximum Gasteiger partial charge on any atom is 0.130 e. The third-order valence-electron chi connectivity index (χ3n) is 1.05. The third-order valence-corrected chi connectivity index (χ3v) is 2.40. The first-order chi connectivity index (χ1) is 3.21. The molecule has 0 aromatic rings. The number of hydrogen-bond acceptors (Lipinski definition) is 1. The topological polar surface area (TPSA) is 12.0 Å². The van der Waals surface area contributed by atoms with Crippen LogP contribution in [-0.4, -0.2) is 9.90 Å². The fraction of sp³-hybridized carbons (Fsp3) is 1.00. The molecule has 1 aliphatic heterocycles. The Balaban J connectivity index is 2.40. The van der Waals surface area contributed by atoms with Gasteiger partial charge in [0, 0.05) is 0 Å². The van der Waals surface area contributed by atoms with E-state index < -0.39 is 0 Å². The Bertz CT molecular complexity index is 64.1. The Morgan fingerprint density at radius 1 is 1.43 bits per heavy atom. The molecule has 0 bridgehead atoms. The first kappa shape index (κ1) is 6.05. The van der Waals surface area contributed by atoms with Gasteiger partial charge in [0.05, 0.1) is 0 Å². The van der Waals surface area contributed by atoms with Gasteiger partial charge in [-0.1, -0.05) is 31.9 Å². The molecule has 0 aromatic carbocycles. The Hall–Kier alpha value is 0.920. The van der Waals surface area contributed by atoms with Crippen LogP contribution in [-0.2, 0) is 0 Å². The van der Waals surface area contributed by atoms with E-state index in [-0.39, 0.29) is 3.36 Å². The first-order valence-electron chi connectivity index (χ1n) is 2.34. The minimum absolute atomic E-state index is 0.0694. The van der Waals surface area contributed by atoms with Gasteiger partial charge in [-0.25, -0.2) is 0 Å². The van der Waals surface area contributed by atoms with Gasteiger partial charge in [-0.15, -0.1) is 0 Å². The second kappa shape index (κ2) is 2.03. The highest BCUT2D eigenvalue weighted by molar-refractivity contribution is 9.25. The molecule has 1 N–H and O–H groups in total. The highest BCUT2D eigenvalue weighted by atomic mass is 79.9. The van der Waals surface area contributed by atoms with Gasteiger partial charge in [0.15, 0.2) is 0 Å². The van der Waals surface area contributed by atoms with E-state index in [4.69, 9.17) is 0 Å². The monoisotopic (exact) mass is 227 g/mol. The van der Waals surface area contributed by atoms with E-state index in [2.05, 4.69) is 37.2 Å². The zero-order valence-electron chi connectivity index (χ0n) is 3.88. The molecule has 1 aliphatic rings. The molecule has 3 heteroatoms. The van der Waals surface area contributed by atoms with Crippen LogP contribution in [0.4, 0.5) is 0 Å². The van der Waals surface area contributed by atoms with Gasteiger partial charge < -0.3 is 0 Å². The molecular formula is C4H7Br2N. The molecule has 0 radical (unpaired) electrons. The van der Waals surface area contributed by atoms with E-state index in [0.29, 0.717) is 0 Å². The molecule has 1 rings (SSSR count). The van der Waals surface area contributed by atoms with E-state index >= 15 is 0 Å². The average Bonchev–Trinajstić information content (AvgIpc) is 1.84. The molecule has 7 heavy (non-hydrogen) atoms. The van der Waals surface area contributed by atoms with Gasteiger partial charge >= 0.3 is 0 Å². The molecule has 0 aromatic heterocycles. The van der Waals surface area contributed by atoms with Crippen molar-refractivity contribution in [3.05, 3.63) is 0 Å². The van der Waals surface area contributed by atoms with Crippen molar-refractivity contribution < 1.29 is 0 Å². The second-order valence-electron chi connectivity index (χ2n) is 1.73. The van der Waals surface area contributed by atoms with Crippen LogP contribution >= 0.6 is 31.9 Å². The van der Waals surface area contributed by atoms with Crippen LogP contribution in [0, 0.1) is 0 Å². The normalized spacial score (nSPS) is 28.3. The van der Waals surface area contributed by atoms with Crippen molar-refractivity contribution in [1.29, 1.82) is 0 Å². The number of hydrogen-bond donors (Lipinski definition) is 1. The summed E-state index contributed by atoms with van der Waals surface area (Å²) in [5.41, 5.74) is 0. The van der Waals surface area contributed by atoms with Crippen LogP contribution < -0.4 is 5.32 Å². The van der Waals surface area contributed by atoms with Crippen molar-refractivity contribution in [3.8, 4) is 0 Å². The lowest BCUT2D eigenvalue weighted by atomic mass is 10.4. The summed E-state index contributed by atoms with van der Waals surface area (Å²) in [6.07, 6.45) is 2.43. The smallest absolute Gasteiger partial charge is 0.130 e. The van der Waals surface area contributed by atoms with E-state index in [1.165, 1.54) is 12.8 Å². The summed E-state index contributed by atoms with van der Waals surface area (Å²) < 4.78 is 0.0694. The maximum atomic E-state index is 3.45. The Morgan fingerprint density at radius 2 is 2.14 bits per heavy atom. The molecule has 0 aliphatic carbocycles. The SMILES string of the molecule is BrC1(Br)CCCN1. The molecule has 0 unspecified atom stereocenters. The van der Waals surface area contributed by atoms with Gasteiger partial charge in [-0.2, -0.15) is 0 Å². The summed E-state index contributed by atoms with van der Waals surface area (Å²) >= 11 is 6.90. The van der Waals surface area contributed by atoms with Crippen molar-refractivity contribution >= 4 is 31.9 Å². The van der Waals surface area contributed by atoms with E-state index in [9.17, 15) is 0 Å². The summed E-state index contributed by atoms with van der Waals surface area (Å²) in [5.74, 6) is 0. The maximum absolute atomic E-state index is 3.45. The van der Waals surface area contributed by atoms with E-state index in [1.54, 1.807) is 0 Å². The summed E-state index contributed by atoms with van der Waals surface area (Å²) in [5, 5.41) is 3.23. The molecule has 1 saturated heterocycles. The Labute approximate surface area is 60.1 Å². The fourth-order valence-corrected chi connectivity index (χ4v) is 1.63. The van der Waals surface area contributed by atoms with Crippen LogP contribution in [0.5, 0.6) is 0 Å². The average molecular weight is 229 g/mol. The number of alkyl halides is 2. The van der Waals surface area contributed by atoms with Crippen molar-refractivity contribution in [2.75, 3.05) is 6.54 Å². The number of halogens is 2. The molecule has 0 atom stereocenters. The van der Waals surface area contributed by atoms with Crippen LogP contribution in [0.3, 0.4) is 0 Å². The lowest BCUT2D eigenvalue weighted by Crippen LogP contribution is -2.24. The van der Waals surface area contributed by atoms with E-state index in [0.717, 1.165) is 6.54 Å². The van der Waals surface area contributed by atoms with Crippen LogP contribution in [0.1, 0.15) is 12.8 Å². The number of rotatable bonds is 0. The fourth-order valence-electron chi connectivity index (χ4n) is 0.670. The Kier molecular flexibility index (Phi) is 1.76. The van der Waals surface area contributed by atoms with Gasteiger partial charge in [-0.05, 0) is 19.4 Å². The predicted octanol–water partition coefficient (Wildman–Crippen LogP) is 1.81. The molecule has 1 fully saturated rings. The summed E-state index contributed by atoms with van der Waals surface area (Å²) in [7, 11) is 0. The molecule has 0 amide bonds. The second-order valence-corrected chi connectivity index (χ2v) is 5.51. The van der Waals surface area contributed by atoms with Gasteiger partial charge in [0.2, 0.25) is 0 Å². The lowest BCUT2D eigenvalue weighted by Gasteiger charge is -2.10. The van der Waals surface area contributed by atoms with Gasteiger partial charge in [0.25, 0.3) is 0 Å². The van der Waals surface area contributed by atoms with Gasteiger partial charge in [0.1, 0.15) is 3.36 Å². The summed E-state index contributed by atoms with van der Waals surface area (Å²) in [4.78, 5) is 0. The van der Waals surface area contributed by atoms with Crippen molar-refractivity contribution in [2.24, 2.45) is 0 Å². The molecule has 1 nitrogen and oxygen atoms in total. The van der Waals surface area contributed by atoms with Crippen molar-refractivity contribution in [3.63, 3.8) is 0 Å². The predicted molar refractivity (Wildman–Crippen MR) is 37.8 cm³/mol. The quantitative estimate of drug-likeness (QED) is 0.493. The van der Waals surface area contributed by atoms with Gasteiger partial charge in [-0.3, -0.25) is 5.32 Å². The lowest BCUT2D eigenvalue weighted by molar-refractivity contribution is 0.780. The third kappa shape index (κ3) is 1.70. The standard InChI is InChI=1S/C4H7Br2N/c5-4(6)2-1-3-7-4/h7H,1-3H2. The zero-order chi connectivity index (χ0) is 5.33. The van der Waals surface area contributed by atoms with Crippen LogP contribution in [0.15, 0.2) is 0 Å². The Morgan fingerprint density at radius 3 is 2.29 bits per heavy atom. The van der Waals surface area contributed by atoms with Crippen LogP contribution in [0.2, 0.25) is 0 Å². The summed E-state index contributed by atoms with van der Waals surface area (Å²) in [6, 6.07) is 0. The molecule has 0 spiro atoms. The van der Waals surface area contributed by atoms with E-state index in [1.807, 2.05) is 0 Å². The highest BCUT2D eigenvalue weighted by Crippen LogP contribution is 2.31. The molecule has 1 heterocycles. The molecular weight excluding hydrogens is 222 g/mol. The minimum atomic E-state index is 0.0694. The first-order valence-corrected chi connectivity index (χ1v) is 3.92. The molecule has 0 saturated carbocycles. The summed E-state index contributed by atoms with van der Waals surface area (Å²) in [6.45, 7) is 1.12. The highest BCUT2D eigenvalue weighted by Gasteiger charge is 2.25. The largest absolute Gasteiger partial charge is 0.293 e. The molecule has 42 valence electrons.